The predicted molar refractivity (Wildman–Crippen MR) is 96.1 cm³/mol. The van der Waals surface area contributed by atoms with Crippen LogP contribution < -0.4 is 11.1 Å². The Bertz CT molecular complexity index is 1000. The van der Waals surface area contributed by atoms with Gasteiger partial charge in [0.15, 0.2) is 5.58 Å². The molecule has 3 rings (SSSR count). The average molecular weight is 354 g/mol. The Balaban J connectivity index is 1.62. The van der Waals surface area contributed by atoms with Gasteiger partial charge in [-0.05, 0) is 30.7 Å². The van der Waals surface area contributed by atoms with Crippen molar-refractivity contribution in [3.8, 4) is 0 Å². The fraction of sp³-hybridized carbons (Fsp3) is 0.211. The van der Waals surface area contributed by atoms with Crippen LogP contribution in [0, 0.1) is 0 Å². The van der Waals surface area contributed by atoms with Crippen LogP contribution in [-0.2, 0) is 16.1 Å². The molecule has 1 amide bonds. The summed E-state index contributed by atoms with van der Waals surface area (Å²) in [5.74, 6) is -1.21. The van der Waals surface area contributed by atoms with Gasteiger partial charge >= 0.3 is 11.7 Å². The van der Waals surface area contributed by atoms with Gasteiger partial charge in [0.1, 0.15) is 0 Å². The molecule has 0 bridgehead atoms. The van der Waals surface area contributed by atoms with Gasteiger partial charge < -0.3 is 14.5 Å². The number of aryl methyl sites for hydroxylation is 1. The van der Waals surface area contributed by atoms with Crippen LogP contribution in [0.4, 0.5) is 5.69 Å². The van der Waals surface area contributed by atoms with Crippen molar-refractivity contribution >= 4 is 28.7 Å². The minimum absolute atomic E-state index is 0.196. The Morgan fingerprint density at radius 1 is 1.12 bits per heavy atom. The monoisotopic (exact) mass is 354 g/mol. The lowest BCUT2D eigenvalue weighted by Gasteiger charge is -2.09. The minimum Gasteiger partial charge on any atom is -0.465 e. The van der Waals surface area contributed by atoms with E-state index in [4.69, 9.17) is 9.15 Å². The highest BCUT2D eigenvalue weighted by atomic mass is 16.5. The summed E-state index contributed by atoms with van der Waals surface area (Å²) in [6.07, 6.45) is 0.650. The molecule has 0 aliphatic rings. The van der Waals surface area contributed by atoms with Gasteiger partial charge in [-0.2, -0.15) is 0 Å². The number of carbonyl (C=O) groups excluding carboxylic acids is 2. The number of para-hydroxylation sites is 3. The quantitative estimate of drug-likeness (QED) is 0.688. The van der Waals surface area contributed by atoms with Crippen molar-refractivity contribution in [2.45, 2.75) is 19.4 Å². The highest BCUT2D eigenvalue weighted by Gasteiger charge is 2.14. The summed E-state index contributed by atoms with van der Waals surface area (Å²) in [5, 5.41) is 2.71. The van der Waals surface area contributed by atoms with Crippen LogP contribution >= 0.6 is 0 Å². The Kier molecular flexibility index (Phi) is 5.17. The number of hydrogen-bond donors (Lipinski definition) is 1. The van der Waals surface area contributed by atoms with Crippen molar-refractivity contribution < 1.29 is 18.7 Å². The lowest BCUT2D eigenvalue weighted by atomic mass is 10.1. The van der Waals surface area contributed by atoms with E-state index in [1.54, 1.807) is 42.5 Å². The van der Waals surface area contributed by atoms with E-state index in [2.05, 4.69) is 5.32 Å². The zero-order chi connectivity index (χ0) is 18.5. The molecule has 7 heteroatoms. The number of methoxy groups -OCH3 is 1. The first-order chi connectivity index (χ1) is 12.6. The van der Waals surface area contributed by atoms with Gasteiger partial charge in [0, 0.05) is 13.0 Å². The number of hydrogen-bond acceptors (Lipinski definition) is 5. The molecule has 1 N–H and O–H groups in total. The van der Waals surface area contributed by atoms with Crippen LogP contribution in [-0.4, -0.2) is 23.6 Å². The Morgan fingerprint density at radius 3 is 2.65 bits per heavy atom. The average Bonchev–Trinajstić information content (AvgIpc) is 2.97. The second-order valence-corrected chi connectivity index (χ2v) is 5.68. The lowest BCUT2D eigenvalue weighted by molar-refractivity contribution is -0.116. The van der Waals surface area contributed by atoms with Crippen molar-refractivity contribution in [2.75, 3.05) is 12.4 Å². The number of anilines is 1. The number of rotatable bonds is 6. The van der Waals surface area contributed by atoms with Gasteiger partial charge in [0.2, 0.25) is 5.91 Å². The van der Waals surface area contributed by atoms with Crippen LogP contribution in [0.15, 0.2) is 57.7 Å². The fourth-order valence-electron chi connectivity index (χ4n) is 2.72. The summed E-state index contributed by atoms with van der Waals surface area (Å²) in [6, 6.07) is 13.8. The maximum Gasteiger partial charge on any atom is 0.419 e. The summed E-state index contributed by atoms with van der Waals surface area (Å²) in [4.78, 5) is 35.8. The zero-order valence-corrected chi connectivity index (χ0v) is 14.2. The van der Waals surface area contributed by atoms with Crippen LogP contribution in [0.25, 0.3) is 11.1 Å². The number of esters is 1. The molecule has 0 radical (unpaired) electrons. The van der Waals surface area contributed by atoms with E-state index in [0.717, 1.165) is 0 Å². The van der Waals surface area contributed by atoms with Crippen molar-refractivity contribution in [2.24, 2.45) is 0 Å². The molecule has 1 heterocycles. The Hall–Kier alpha value is -3.35. The lowest BCUT2D eigenvalue weighted by Crippen LogP contribution is -2.18. The molecule has 0 atom stereocenters. The number of amides is 1. The zero-order valence-electron chi connectivity index (χ0n) is 14.2. The van der Waals surface area contributed by atoms with Crippen LogP contribution in [0.3, 0.4) is 0 Å². The molecule has 26 heavy (non-hydrogen) atoms. The Morgan fingerprint density at radius 2 is 1.85 bits per heavy atom. The smallest absolute Gasteiger partial charge is 0.419 e. The molecule has 0 saturated carbocycles. The number of nitrogens with zero attached hydrogens (tertiary/aromatic N) is 1. The van der Waals surface area contributed by atoms with Crippen LogP contribution in [0.2, 0.25) is 0 Å². The highest BCUT2D eigenvalue weighted by Crippen LogP contribution is 2.17. The molecule has 0 unspecified atom stereocenters. The first-order valence-electron chi connectivity index (χ1n) is 8.15. The van der Waals surface area contributed by atoms with Gasteiger partial charge in [-0.25, -0.2) is 9.59 Å². The van der Waals surface area contributed by atoms with Gasteiger partial charge in [-0.1, -0.05) is 24.3 Å². The summed E-state index contributed by atoms with van der Waals surface area (Å²) in [7, 11) is 1.29. The maximum absolute atomic E-state index is 12.2. The van der Waals surface area contributed by atoms with E-state index in [1.807, 2.05) is 6.07 Å². The maximum atomic E-state index is 12.2. The summed E-state index contributed by atoms with van der Waals surface area (Å²) in [6.45, 7) is 0.363. The van der Waals surface area contributed by atoms with E-state index < -0.39 is 11.7 Å². The molecule has 0 saturated heterocycles. The van der Waals surface area contributed by atoms with E-state index in [-0.39, 0.29) is 12.3 Å². The molecule has 7 nitrogen and oxygen atoms in total. The normalized spacial score (nSPS) is 10.7. The summed E-state index contributed by atoms with van der Waals surface area (Å²) < 4.78 is 11.4. The fourth-order valence-corrected chi connectivity index (χ4v) is 2.72. The van der Waals surface area contributed by atoms with Crippen molar-refractivity contribution in [1.29, 1.82) is 0 Å². The number of nitrogens with one attached hydrogen (secondary N) is 1. The Labute approximate surface area is 149 Å². The third kappa shape index (κ3) is 3.66. The number of fused-ring (bicyclic) bond motifs is 1. The minimum atomic E-state index is -0.516. The predicted octanol–water partition coefficient (Wildman–Crippen LogP) is 2.80. The molecule has 0 aliphatic carbocycles. The van der Waals surface area contributed by atoms with Crippen LogP contribution in [0.1, 0.15) is 23.2 Å². The third-order valence-electron chi connectivity index (χ3n) is 3.97. The molecule has 0 aliphatic heterocycles. The van der Waals surface area contributed by atoms with Gasteiger partial charge in [-0.3, -0.25) is 9.36 Å². The third-order valence-corrected chi connectivity index (χ3v) is 3.97. The molecule has 2 aromatic carbocycles. The standard InChI is InChI=1S/C19H18N2O5/c1-25-18(23)13-7-2-3-8-14(13)20-17(22)11-6-12-21-15-9-4-5-10-16(15)26-19(21)24/h2-5,7-10H,6,11-12H2,1H3,(H,20,22). The summed E-state index contributed by atoms with van der Waals surface area (Å²) >= 11 is 0. The van der Waals surface area contributed by atoms with Gasteiger partial charge in [0.25, 0.3) is 0 Å². The highest BCUT2D eigenvalue weighted by molar-refractivity contribution is 6.01. The van der Waals surface area contributed by atoms with Gasteiger partial charge in [0.05, 0.1) is 23.9 Å². The molecule has 1 aromatic heterocycles. The molecular weight excluding hydrogens is 336 g/mol. The SMILES string of the molecule is COC(=O)c1ccccc1NC(=O)CCCn1c(=O)oc2ccccc21. The number of oxazole rings is 1. The number of carbonyl (C=O) groups is 2. The van der Waals surface area contributed by atoms with E-state index >= 15 is 0 Å². The number of benzene rings is 2. The molecule has 0 fully saturated rings. The van der Waals surface area contributed by atoms with E-state index in [1.165, 1.54) is 11.7 Å². The second kappa shape index (κ2) is 7.69. The summed E-state index contributed by atoms with van der Waals surface area (Å²) in [5.41, 5.74) is 1.92. The van der Waals surface area contributed by atoms with Crippen molar-refractivity contribution in [3.63, 3.8) is 0 Å². The van der Waals surface area contributed by atoms with Crippen molar-refractivity contribution in [3.05, 3.63) is 64.6 Å². The topological polar surface area (TPSA) is 90.5 Å². The second-order valence-electron chi connectivity index (χ2n) is 5.68. The first-order valence-corrected chi connectivity index (χ1v) is 8.15. The van der Waals surface area contributed by atoms with E-state index in [0.29, 0.717) is 35.3 Å². The van der Waals surface area contributed by atoms with Crippen LogP contribution in [0.5, 0.6) is 0 Å². The van der Waals surface area contributed by atoms with E-state index in [9.17, 15) is 14.4 Å². The first kappa shape index (κ1) is 17.5. The number of aromatic nitrogens is 1. The van der Waals surface area contributed by atoms with Gasteiger partial charge in [-0.15, -0.1) is 0 Å². The molecule has 134 valence electrons. The number of ether oxygens (including phenoxy) is 1. The molecule has 0 spiro atoms. The molecular formula is C19H18N2O5. The van der Waals surface area contributed by atoms with Crippen molar-refractivity contribution in [1.82, 2.24) is 4.57 Å². The molecule has 3 aromatic rings. The largest absolute Gasteiger partial charge is 0.465 e.